The monoisotopic (exact) mass is 384 g/mol. The van der Waals surface area contributed by atoms with E-state index in [1.807, 2.05) is 30.3 Å². The second-order valence-electron chi connectivity index (χ2n) is 3.89. The van der Waals surface area contributed by atoms with E-state index in [0.29, 0.717) is 11.6 Å². The van der Waals surface area contributed by atoms with Gasteiger partial charge in [-0.05, 0) is 28.2 Å². The number of anilines is 1. The Hall–Kier alpha value is -1.83. The maximum atomic E-state index is 11.7. The van der Waals surface area contributed by atoms with Crippen LogP contribution in [0.2, 0.25) is 0 Å². The van der Waals surface area contributed by atoms with Crippen molar-refractivity contribution in [3.63, 3.8) is 0 Å². The van der Waals surface area contributed by atoms with Crippen molar-refractivity contribution in [2.45, 2.75) is 6.61 Å². The molecule has 0 radical (unpaired) electrons. The number of aromatic nitrogens is 1. The highest BCUT2D eigenvalue weighted by molar-refractivity contribution is 14.1. The molecule has 2 rings (SSSR count). The van der Waals surface area contributed by atoms with E-state index in [9.17, 15) is 4.79 Å². The molecule has 0 fully saturated rings. The predicted molar refractivity (Wildman–Crippen MR) is 83.8 cm³/mol. The summed E-state index contributed by atoms with van der Waals surface area (Å²) in [5.41, 5.74) is 0.927. The summed E-state index contributed by atoms with van der Waals surface area (Å²) in [5.74, 6) is 1.04. The summed E-state index contributed by atoms with van der Waals surface area (Å²) in [4.78, 5) is 15.7. The first-order valence-electron chi connectivity index (χ1n) is 5.86. The quantitative estimate of drug-likeness (QED) is 0.821. The third kappa shape index (κ3) is 4.09. The van der Waals surface area contributed by atoms with E-state index in [4.69, 9.17) is 9.47 Å². The molecule has 5 nitrogen and oxygen atoms in total. The normalized spacial score (nSPS) is 9.90. The smallest absolute Gasteiger partial charge is 0.413 e. The third-order valence-corrected chi connectivity index (χ3v) is 3.29. The van der Waals surface area contributed by atoms with Gasteiger partial charge in [0.25, 0.3) is 0 Å². The Morgan fingerprint density at radius 2 is 2.10 bits per heavy atom. The lowest BCUT2D eigenvalue weighted by molar-refractivity contribution is 0.155. The Morgan fingerprint density at radius 1 is 1.35 bits per heavy atom. The van der Waals surface area contributed by atoms with Crippen molar-refractivity contribution in [1.29, 1.82) is 0 Å². The van der Waals surface area contributed by atoms with Gasteiger partial charge < -0.3 is 9.47 Å². The first-order chi connectivity index (χ1) is 9.69. The maximum absolute atomic E-state index is 11.7. The minimum Gasteiger partial charge on any atom is -0.495 e. The number of pyridine rings is 1. The molecule has 0 saturated heterocycles. The van der Waals surface area contributed by atoms with Crippen molar-refractivity contribution >= 4 is 34.5 Å². The van der Waals surface area contributed by atoms with Gasteiger partial charge in [-0.3, -0.25) is 5.32 Å². The average molecular weight is 384 g/mol. The van der Waals surface area contributed by atoms with Gasteiger partial charge >= 0.3 is 6.09 Å². The van der Waals surface area contributed by atoms with Gasteiger partial charge in [-0.1, -0.05) is 30.3 Å². The Bertz CT molecular complexity index is 590. The van der Waals surface area contributed by atoms with Gasteiger partial charge in [0.05, 0.1) is 10.7 Å². The molecule has 0 unspecified atom stereocenters. The molecule has 0 aliphatic carbocycles. The van der Waals surface area contributed by atoms with Gasteiger partial charge in [0.1, 0.15) is 18.2 Å². The topological polar surface area (TPSA) is 60.5 Å². The molecule has 0 atom stereocenters. The Kier molecular flexibility index (Phi) is 5.16. The lowest BCUT2D eigenvalue weighted by Gasteiger charge is -2.08. The van der Waals surface area contributed by atoms with Crippen LogP contribution in [-0.2, 0) is 11.3 Å². The number of hydrogen-bond acceptors (Lipinski definition) is 4. The average Bonchev–Trinajstić information content (AvgIpc) is 2.48. The summed E-state index contributed by atoms with van der Waals surface area (Å²) in [6, 6.07) is 11.1. The lowest BCUT2D eigenvalue weighted by Crippen LogP contribution is -2.14. The fraction of sp³-hybridized carbons (Fsp3) is 0.143. The lowest BCUT2D eigenvalue weighted by atomic mass is 10.2. The number of carbonyl (C=O) groups excluding carboxylic acids is 1. The zero-order chi connectivity index (χ0) is 14.4. The van der Waals surface area contributed by atoms with E-state index < -0.39 is 6.09 Å². The fourth-order valence-electron chi connectivity index (χ4n) is 1.51. The highest BCUT2D eigenvalue weighted by Gasteiger charge is 2.07. The van der Waals surface area contributed by atoms with E-state index >= 15 is 0 Å². The van der Waals surface area contributed by atoms with Crippen LogP contribution in [0.25, 0.3) is 0 Å². The van der Waals surface area contributed by atoms with E-state index in [2.05, 4.69) is 32.9 Å². The van der Waals surface area contributed by atoms with Crippen molar-refractivity contribution < 1.29 is 14.3 Å². The second-order valence-corrected chi connectivity index (χ2v) is 5.05. The zero-order valence-electron chi connectivity index (χ0n) is 10.8. The highest BCUT2D eigenvalue weighted by atomic mass is 127. The second kappa shape index (κ2) is 7.09. The van der Waals surface area contributed by atoms with Crippen LogP contribution < -0.4 is 10.1 Å². The molecule has 1 N–H and O–H groups in total. The zero-order valence-corrected chi connectivity index (χ0v) is 13.0. The number of nitrogens with one attached hydrogen (secondary N) is 1. The SMILES string of the molecule is COc1cc(NC(=O)OCc2ccccc2)ncc1I. The first-order valence-corrected chi connectivity index (χ1v) is 6.94. The molecule has 20 heavy (non-hydrogen) atoms. The number of halogens is 1. The maximum Gasteiger partial charge on any atom is 0.413 e. The number of carbonyl (C=O) groups is 1. The molecule has 0 bridgehead atoms. The molecule has 2 aromatic rings. The number of hydrogen-bond donors (Lipinski definition) is 1. The van der Waals surface area contributed by atoms with Crippen LogP contribution in [0, 0.1) is 3.57 Å². The number of nitrogens with zero attached hydrogens (tertiary/aromatic N) is 1. The number of rotatable bonds is 4. The van der Waals surface area contributed by atoms with Crippen molar-refractivity contribution in [2.75, 3.05) is 12.4 Å². The van der Waals surface area contributed by atoms with Gasteiger partial charge in [-0.25, -0.2) is 9.78 Å². The molecule has 1 amide bonds. The third-order valence-electron chi connectivity index (χ3n) is 2.48. The molecule has 1 aromatic heterocycles. The van der Waals surface area contributed by atoms with E-state index in [0.717, 1.165) is 9.13 Å². The minimum atomic E-state index is -0.551. The van der Waals surface area contributed by atoms with Crippen molar-refractivity contribution in [3.8, 4) is 5.75 Å². The van der Waals surface area contributed by atoms with E-state index in [-0.39, 0.29) is 6.61 Å². The number of methoxy groups -OCH3 is 1. The number of amides is 1. The van der Waals surface area contributed by atoms with Gasteiger partial charge in [0.15, 0.2) is 0 Å². The van der Waals surface area contributed by atoms with Gasteiger partial charge in [0.2, 0.25) is 0 Å². The molecule has 0 saturated carbocycles. The first kappa shape index (κ1) is 14.6. The molecular formula is C14H13IN2O3. The van der Waals surface area contributed by atoms with Crippen LogP contribution >= 0.6 is 22.6 Å². The van der Waals surface area contributed by atoms with Gasteiger partial charge in [-0.15, -0.1) is 0 Å². The summed E-state index contributed by atoms with van der Waals surface area (Å²) in [6.45, 7) is 0.216. The summed E-state index contributed by atoms with van der Waals surface area (Å²) < 4.78 is 11.1. The summed E-state index contributed by atoms with van der Waals surface area (Å²) in [5, 5.41) is 2.56. The van der Waals surface area contributed by atoms with Crippen LogP contribution in [0.15, 0.2) is 42.6 Å². The van der Waals surface area contributed by atoms with Crippen molar-refractivity contribution in [1.82, 2.24) is 4.98 Å². The standard InChI is InChI=1S/C14H13IN2O3/c1-19-12-7-13(16-8-11(12)15)17-14(18)20-9-10-5-3-2-4-6-10/h2-8H,9H2,1H3,(H,16,17,18). The molecule has 104 valence electrons. The molecule has 0 spiro atoms. The van der Waals surface area contributed by atoms with Crippen molar-refractivity contribution in [2.24, 2.45) is 0 Å². The summed E-state index contributed by atoms with van der Waals surface area (Å²) in [6.07, 6.45) is 1.07. The minimum absolute atomic E-state index is 0.216. The largest absolute Gasteiger partial charge is 0.495 e. The molecule has 0 aliphatic rings. The fourth-order valence-corrected chi connectivity index (χ4v) is 2.02. The van der Waals surface area contributed by atoms with Crippen molar-refractivity contribution in [3.05, 3.63) is 51.7 Å². The predicted octanol–water partition coefficient (Wildman–Crippen LogP) is 3.44. The summed E-state index contributed by atoms with van der Waals surface area (Å²) in [7, 11) is 1.56. The number of ether oxygens (including phenoxy) is 2. The Labute approximate surface area is 130 Å². The molecule has 6 heteroatoms. The van der Waals surface area contributed by atoms with Crippen LogP contribution in [0.1, 0.15) is 5.56 Å². The van der Waals surface area contributed by atoms with Gasteiger partial charge in [-0.2, -0.15) is 0 Å². The van der Waals surface area contributed by atoms with Crippen LogP contribution in [-0.4, -0.2) is 18.2 Å². The molecular weight excluding hydrogens is 371 g/mol. The highest BCUT2D eigenvalue weighted by Crippen LogP contribution is 2.22. The van der Waals surface area contributed by atoms with Crippen LogP contribution in [0.5, 0.6) is 5.75 Å². The molecule has 1 heterocycles. The Balaban J connectivity index is 1.91. The Morgan fingerprint density at radius 3 is 2.80 bits per heavy atom. The van der Waals surface area contributed by atoms with Crippen LogP contribution in [0.3, 0.4) is 0 Å². The van der Waals surface area contributed by atoms with E-state index in [1.165, 1.54) is 0 Å². The van der Waals surface area contributed by atoms with E-state index in [1.54, 1.807) is 19.4 Å². The summed E-state index contributed by atoms with van der Waals surface area (Å²) >= 11 is 2.10. The van der Waals surface area contributed by atoms with Gasteiger partial charge in [0, 0.05) is 12.3 Å². The molecule has 1 aromatic carbocycles. The number of benzene rings is 1. The van der Waals surface area contributed by atoms with Crippen LogP contribution in [0.4, 0.5) is 10.6 Å². The molecule has 0 aliphatic heterocycles.